The first kappa shape index (κ1) is 18.2. The Morgan fingerprint density at radius 2 is 1.95 bits per heavy atom. The third-order valence-corrected chi connectivity index (χ3v) is 4.01. The molecule has 0 atom stereocenters. The van der Waals surface area contributed by atoms with Crippen molar-refractivity contribution >= 4 is 39.2 Å². The van der Waals surface area contributed by atoms with Crippen LogP contribution in [0.5, 0.6) is 0 Å². The van der Waals surface area contributed by atoms with Crippen LogP contribution in [0.3, 0.4) is 0 Å². The zero-order valence-electron chi connectivity index (χ0n) is 12.1. The number of benzene rings is 1. The molecule has 22 heavy (non-hydrogen) atoms. The van der Waals surface area contributed by atoms with Crippen molar-refractivity contribution in [1.29, 1.82) is 0 Å². The van der Waals surface area contributed by atoms with Crippen LogP contribution >= 0.6 is 11.6 Å². The molecular weight excluding hydrogens is 332 g/mol. The summed E-state index contributed by atoms with van der Waals surface area (Å²) in [5.41, 5.74) is 0.213. The minimum atomic E-state index is -3.98. The smallest absolute Gasteiger partial charge is 0.319 e. The fourth-order valence-electron chi connectivity index (χ4n) is 1.48. The van der Waals surface area contributed by atoms with Crippen LogP contribution in [0.2, 0.25) is 5.02 Å². The van der Waals surface area contributed by atoms with Gasteiger partial charge in [0, 0.05) is 32.7 Å². The molecule has 0 aliphatic rings. The monoisotopic (exact) mass is 348 g/mol. The summed E-state index contributed by atoms with van der Waals surface area (Å²) < 4.78 is 22.7. The quantitative estimate of drug-likeness (QED) is 0.720. The maximum absolute atomic E-state index is 11.6. The number of carbonyl (C=O) groups excluding carboxylic acids is 2. The summed E-state index contributed by atoms with van der Waals surface area (Å²) in [5.74, 6) is -0.122. The largest absolute Gasteiger partial charge is 0.349 e. The van der Waals surface area contributed by atoms with E-state index in [4.69, 9.17) is 16.7 Å². The molecule has 10 heteroatoms. The van der Waals surface area contributed by atoms with E-state index in [1.165, 1.54) is 17.0 Å². The van der Waals surface area contributed by atoms with Gasteiger partial charge >= 0.3 is 6.03 Å². The molecule has 0 saturated carbocycles. The highest BCUT2D eigenvalue weighted by atomic mass is 35.5. The van der Waals surface area contributed by atoms with Crippen LogP contribution in [-0.2, 0) is 14.8 Å². The Balaban J connectivity index is 2.64. The molecule has 0 radical (unpaired) electrons. The summed E-state index contributed by atoms with van der Waals surface area (Å²) in [6.45, 7) is 0.151. The number of amides is 3. The van der Waals surface area contributed by atoms with Crippen molar-refractivity contribution in [3.63, 3.8) is 0 Å². The number of halogens is 1. The van der Waals surface area contributed by atoms with Gasteiger partial charge in [-0.15, -0.1) is 0 Å². The molecule has 0 saturated heterocycles. The van der Waals surface area contributed by atoms with Gasteiger partial charge < -0.3 is 15.5 Å². The second-order valence-corrected chi connectivity index (χ2v) is 6.55. The standard InChI is InChI=1S/C12H17ClN4O4S/c1-17(2)11(18)5-6-15-12(19)16-8-3-4-9(13)10(7-8)22(14,20)21/h3-4,7H,5-6H2,1-2H3,(H2,14,20,21)(H2,15,16,19). The summed E-state index contributed by atoms with van der Waals surface area (Å²) in [7, 11) is -0.751. The van der Waals surface area contributed by atoms with Gasteiger partial charge in [0.1, 0.15) is 4.90 Å². The number of nitrogens with one attached hydrogen (secondary N) is 2. The van der Waals surface area contributed by atoms with E-state index in [2.05, 4.69) is 10.6 Å². The van der Waals surface area contributed by atoms with Crippen LogP contribution < -0.4 is 15.8 Å². The molecule has 1 aromatic carbocycles. The Kier molecular flexibility index (Phi) is 6.15. The number of urea groups is 1. The first-order chi connectivity index (χ1) is 10.1. The Morgan fingerprint density at radius 3 is 2.50 bits per heavy atom. The Hall–Kier alpha value is -1.84. The summed E-state index contributed by atoms with van der Waals surface area (Å²) in [6.07, 6.45) is 0.156. The van der Waals surface area contributed by atoms with E-state index < -0.39 is 16.1 Å². The maximum atomic E-state index is 11.6. The van der Waals surface area contributed by atoms with Crippen LogP contribution in [0.25, 0.3) is 0 Å². The van der Waals surface area contributed by atoms with Crippen molar-refractivity contribution in [3.8, 4) is 0 Å². The van der Waals surface area contributed by atoms with Gasteiger partial charge in [0.15, 0.2) is 0 Å². The topological polar surface area (TPSA) is 122 Å². The molecular formula is C12H17ClN4O4S. The minimum absolute atomic E-state index is 0.0370. The van der Waals surface area contributed by atoms with Gasteiger partial charge in [0.05, 0.1) is 5.02 Å². The summed E-state index contributed by atoms with van der Waals surface area (Å²) in [4.78, 5) is 24.1. The molecule has 4 N–H and O–H groups in total. The number of nitrogens with zero attached hydrogens (tertiary/aromatic N) is 1. The van der Waals surface area contributed by atoms with Crippen LogP contribution in [0.1, 0.15) is 6.42 Å². The number of primary sulfonamides is 1. The number of anilines is 1. The number of nitrogens with two attached hydrogens (primary N) is 1. The number of sulfonamides is 1. The Bertz CT molecular complexity index is 676. The van der Waals surface area contributed by atoms with Crippen LogP contribution in [-0.4, -0.2) is 45.9 Å². The highest BCUT2D eigenvalue weighted by molar-refractivity contribution is 7.89. The third kappa shape index (κ3) is 5.51. The SMILES string of the molecule is CN(C)C(=O)CCNC(=O)Nc1ccc(Cl)c(S(N)(=O)=O)c1. The molecule has 0 bridgehead atoms. The zero-order chi connectivity index (χ0) is 16.9. The Morgan fingerprint density at radius 1 is 1.32 bits per heavy atom. The first-order valence-corrected chi connectivity index (χ1v) is 8.11. The highest BCUT2D eigenvalue weighted by Crippen LogP contribution is 2.23. The highest BCUT2D eigenvalue weighted by Gasteiger charge is 2.14. The van der Waals surface area contributed by atoms with Crippen LogP contribution in [0.15, 0.2) is 23.1 Å². The summed E-state index contributed by atoms with van der Waals surface area (Å²) >= 11 is 5.74. The summed E-state index contributed by atoms with van der Waals surface area (Å²) in [5, 5.41) is 9.89. The molecule has 0 fully saturated rings. The van der Waals surface area contributed by atoms with E-state index in [9.17, 15) is 18.0 Å². The molecule has 0 heterocycles. The molecule has 1 aromatic rings. The van der Waals surface area contributed by atoms with Crippen molar-refractivity contribution in [1.82, 2.24) is 10.2 Å². The maximum Gasteiger partial charge on any atom is 0.319 e. The van der Waals surface area contributed by atoms with E-state index in [1.807, 2.05) is 0 Å². The average Bonchev–Trinajstić information content (AvgIpc) is 2.39. The first-order valence-electron chi connectivity index (χ1n) is 6.18. The molecule has 0 aliphatic carbocycles. The van der Waals surface area contributed by atoms with Crippen molar-refractivity contribution < 1.29 is 18.0 Å². The van der Waals surface area contributed by atoms with E-state index in [0.29, 0.717) is 0 Å². The lowest BCUT2D eigenvalue weighted by atomic mass is 10.3. The molecule has 0 unspecified atom stereocenters. The van der Waals surface area contributed by atoms with Gasteiger partial charge in [-0.3, -0.25) is 4.79 Å². The molecule has 1 rings (SSSR count). The molecule has 8 nitrogen and oxygen atoms in total. The lowest BCUT2D eigenvalue weighted by Gasteiger charge is -2.11. The van der Waals surface area contributed by atoms with Crippen molar-refractivity contribution in [3.05, 3.63) is 23.2 Å². The van der Waals surface area contributed by atoms with Crippen LogP contribution in [0.4, 0.5) is 10.5 Å². The fraction of sp³-hybridized carbons (Fsp3) is 0.333. The van der Waals surface area contributed by atoms with Gasteiger partial charge in [-0.1, -0.05) is 11.6 Å². The van der Waals surface area contributed by atoms with Crippen LogP contribution in [0, 0.1) is 0 Å². The van der Waals surface area contributed by atoms with E-state index in [-0.39, 0.29) is 34.5 Å². The normalized spacial score (nSPS) is 10.9. The molecule has 0 aromatic heterocycles. The lowest BCUT2D eigenvalue weighted by molar-refractivity contribution is -0.128. The van der Waals surface area contributed by atoms with E-state index in [1.54, 1.807) is 14.1 Å². The molecule has 0 aliphatic heterocycles. The number of carbonyl (C=O) groups is 2. The number of rotatable bonds is 5. The average molecular weight is 349 g/mol. The second kappa shape index (κ2) is 7.43. The van der Waals surface area contributed by atoms with Crippen molar-refractivity contribution in [2.24, 2.45) is 5.14 Å². The van der Waals surface area contributed by atoms with Gasteiger partial charge in [-0.05, 0) is 18.2 Å². The number of hydrogen-bond donors (Lipinski definition) is 3. The van der Waals surface area contributed by atoms with Gasteiger partial charge in [0.25, 0.3) is 0 Å². The Labute approximate surface area is 133 Å². The molecule has 122 valence electrons. The van der Waals surface area contributed by atoms with E-state index in [0.717, 1.165) is 6.07 Å². The predicted molar refractivity (Wildman–Crippen MR) is 83.2 cm³/mol. The molecule has 3 amide bonds. The van der Waals surface area contributed by atoms with Gasteiger partial charge in [-0.25, -0.2) is 18.4 Å². The summed E-state index contributed by atoms with van der Waals surface area (Å²) in [6, 6.07) is 3.32. The fourth-order valence-corrected chi connectivity index (χ4v) is 2.55. The number of hydrogen-bond acceptors (Lipinski definition) is 4. The van der Waals surface area contributed by atoms with Gasteiger partial charge in [0.2, 0.25) is 15.9 Å². The van der Waals surface area contributed by atoms with E-state index >= 15 is 0 Å². The molecule has 0 spiro atoms. The zero-order valence-corrected chi connectivity index (χ0v) is 13.7. The predicted octanol–water partition coefficient (Wildman–Crippen LogP) is 0.587. The minimum Gasteiger partial charge on any atom is -0.349 e. The third-order valence-electron chi connectivity index (χ3n) is 2.62. The van der Waals surface area contributed by atoms with Crippen molar-refractivity contribution in [2.45, 2.75) is 11.3 Å². The second-order valence-electron chi connectivity index (χ2n) is 4.61. The van der Waals surface area contributed by atoms with Gasteiger partial charge in [-0.2, -0.15) is 0 Å². The lowest BCUT2D eigenvalue weighted by Crippen LogP contribution is -2.33. The van der Waals surface area contributed by atoms with Crippen molar-refractivity contribution in [2.75, 3.05) is 26.0 Å².